The average molecular weight is 409 g/mol. The Balaban J connectivity index is 1.51. The second-order valence-electron chi connectivity index (χ2n) is 8.20. The number of hydrogen-bond donors (Lipinski definition) is 1. The van der Waals surface area contributed by atoms with Crippen LogP contribution in [0, 0.1) is 0 Å². The highest BCUT2D eigenvalue weighted by molar-refractivity contribution is 6.03. The summed E-state index contributed by atoms with van der Waals surface area (Å²) >= 11 is 0. The van der Waals surface area contributed by atoms with E-state index in [0.29, 0.717) is 29.7 Å². The molecule has 9 heteroatoms. The lowest BCUT2D eigenvalue weighted by Crippen LogP contribution is -2.26. The maximum absolute atomic E-state index is 12.9. The van der Waals surface area contributed by atoms with Crippen LogP contribution in [0.2, 0.25) is 0 Å². The number of carbonyl (C=O) groups is 1. The van der Waals surface area contributed by atoms with Crippen molar-refractivity contribution >= 4 is 17.2 Å². The largest absolute Gasteiger partial charge is 0.480 e. The monoisotopic (exact) mass is 409 g/mol. The van der Waals surface area contributed by atoms with Gasteiger partial charge in [0.15, 0.2) is 0 Å². The van der Waals surface area contributed by atoms with Crippen LogP contribution in [0.1, 0.15) is 42.4 Å². The zero-order valence-corrected chi connectivity index (χ0v) is 17.1. The summed E-state index contributed by atoms with van der Waals surface area (Å²) in [6, 6.07) is 3.43. The quantitative estimate of drug-likeness (QED) is 0.691. The predicted octanol–water partition coefficient (Wildman–Crippen LogP) is 2.60. The smallest absolute Gasteiger partial charge is 0.276 e. The molecule has 2 fully saturated rings. The number of methoxy groups -OCH3 is 2. The zero-order valence-electron chi connectivity index (χ0n) is 17.1. The Labute approximate surface area is 173 Å². The third-order valence-electron chi connectivity index (χ3n) is 6.13. The van der Waals surface area contributed by atoms with E-state index in [-0.39, 0.29) is 16.7 Å². The minimum absolute atomic E-state index is 0.0635. The van der Waals surface area contributed by atoms with Crippen LogP contribution in [0.3, 0.4) is 0 Å². The minimum Gasteiger partial charge on any atom is -0.480 e. The summed E-state index contributed by atoms with van der Waals surface area (Å²) in [5, 5.41) is 2.79. The molecule has 0 aromatic carbocycles. The summed E-state index contributed by atoms with van der Waals surface area (Å²) in [5.74, 6) is 0.226. The van der Waals surface area contributed by atoms with E-state index in [9.17, 15) is 4.79 Å². The second kappa shape index (κ2) is 6.66. The molecule has 2 bridgehead atoms. The Hall–Kier alpha value is -3.20. The first-order valence-corrected chi connectivity index (χ1v) is 9.84. The van der Waals surface area contributed by atoms with Crippen LogP contribution in [-0.2, 0) is 10.2 Å². The molecule has 1 aliphatic heterocycles. The van der Waals surface area contributed by atoms with Gasteiger partial charge in [0.1, 0.15) is 11.4 Å². The van der Waals surface area contributed by atoms with Gasteiger partial charge >= 0.3 is 0 Å². The molecule has 2 aliphatic rings. The van der Waals surface area contributed by atoms with Gasteiger partial charge in [0.25, 0.3) is 11.8 Å². The number of hydrogen-bond acceptors (Lipinski definition) is 7. The number of nitrogens with zero attached hydrogens (tertiary/aromatic N) is 4. The lowest BCUT2D eigenvalue weighted by molar-refractivity contribution is -0.00627. The predicted molar refractivity (Wildman–Crippen MR) is 108 cm³/mol. The molecule has 1 N–H and O–H groups in total. The third kappa shape index (κ3) is 2.88. The lowest BCUT2D eigenvalue weighted by Gasteiger charge is -2.24. The summed E-state index contributed by atoms with van der Waals surface area (Å²) < 4.78 is 18.5. The van der Waals surface area contributed by atoms with E-state index in [2.05, 4.69) is 22.2 Å². The van der Waals surface area contributed by atoms with Crippen molar-refractivity contribution in [2.75, 3.05) is 26.1 Å². The molecule has 0 radical (unpaired) electrons. The number of aromatic nitrogens is 4. The third-order valence-corrected chi connectivity index (χ3v) is 6.13. The average Bonchev–Trinajstić information content (AvgIpc) is 3.44. The molecule has 156 valence electrons. The Morgan fingerprint density at radius 3 is 2.70 bits per heavy atom. The van der Waals surface area contributed by atoms with Gasteiger partial charge < -0.3 is 19.5 Å². The highest BCUT2D eigenvalue weighted by Crippen LogP contribution is 2.53. The molecule has 1 saturated carbocycles. The molecule has 1 aliphatic carbocycles. The zero-order chi connectivity index (χ0) is 20.9. The SMILES string of the molecule is COc1ncccc1NC(=O)c1cn2cc([C@]34CC[C@](C)(C3)OC4)nc2c(OC)n1. The fourth-order valence-electron chi connectivity index (χ4n) is 4.55. The molecule has 1 saturated heterocycles. The summed E-state index contributed by atoms with van der Waals surface area (Å²) in [6.07, 6.45) is 8.23. The van der Waals surface area contributed by atoms with Crippen molar-refractivity contribution in [2.24, 2.45) is 0 Å². The van der Waals surface area contributed by atoms with Gasteiger partial charge in [-0.05, 0) is 38.3 Å². The molecule has 2 atom stereocenters. The maximum Gasteiger partial charge on any atom is 0.276 e. The van der Waals surface area contributed by atoms with Crippen LogP contribution < -0.4 is 14.8 Å². The number of anilines is 1. The van der Waals surface area contributed by atoms with E-state index in [1.54, 1.807) is 28.9 Å². The fraction of sp³-hybridized carbons (Fsp3) is 0.429. The molecule has 4 heterocycles. The van der Waals surface area contributed by atoms with Crippen molar-refractivity contribution in [3.05, 3.63) is 42.1 Å². The van der Waals surface area contributed by atoms with Crippen molar-refractivity contribution < 1.29 is 19.0 Å². The molecule has 1 amide bonds. The van der Waals surface area contributed by atoms with Crippen LogP contribution >= 0.6 is 0 Å². The van der Waals surface area contributed by atoms with Crippen molar-refractivity contribution in [1.29, 1.82) is 0 Å². The first-order valence-electron chi connectivity index (χ1n) is 9.84. The van der Waals surface area contributed by atoms with Gasteiger partial charge in [0, 0.05) is 24.0 Å². The number of carbonyl (C=O) groups excluding carboxylic acids is 1. The van der Waals surface area contributed by atoms with Gasteiger partial charge in [-0.1, -0.05) is 0 Å². The van der Waals surface area contributed by atoms with Gasteiger partial charge in [0.05, 0.1) is 32.1 Å². The second-order valence-corrected chi connectivity index (χ2v) is 8.20. The van der Waals surface area contributed by atoms with E-state index >= 15 is 0 Å². The van der Waals surface area contributed by atoms with Crippen LogP contribution in [0.15, 0.2) is 30.7 Å². The first-order chi connectivity index (χ1) is 14.5. The molecule has 30 heavy (non-hydrogen) atoms. The van der Waals surface area contributed by atoms with Crippen LogP contribution in [-0.4, -0.2) is 51.7 Å². The van der Waals surface area contributed by atoms with Crippen molar-refractivity contribution in [3.8, 4) is 11.8 Å². The summed E-state index contributed by atoms with van der Waals surface area (Å²) in [6.45, 7) is 2.83. The maximum atomic E-state index is 12.9. The standard InChI is InChI=1S/C21H23N5O4/c1-20-6-7-21(11-20,12-30-20)15-10-26-9-14(24-19(29-3)16(26)25-15)17(27)23-13-5-4-8-22-18(13)28-2/h4-5,8-10H,6-7,11-12H2,1-3H3,(H,23,27)/t20-,21-/m1/s1. The molecule has 0 spiro atoms. The normalized spacial score (nSPS) is 24.9. The van der Waals surface area contributed by atoms with Gasteiger partial charge in [-0.3, -0.25) is 9.20 Å². The number of rotatable bonds is 5. The molecule has 0 unspecified atom stereocenters. The van der Waals surface area contributed by atoms with Gasteiger partial charge in [-0.25, -0.2) is 15.0 Å². The summed E-state index contributed by atoms with van der Waals surface area (Å²) in [5.41, 5.74) is 2.05. The topological polar surface area (TPSA) is 99.9 Å². The fourth-order valence-corrected chi connectivity index (χ4v) is 4.55. The minimum atomic E-state index is -0.396. The molecule has 3 aromatic rings. The molecule has 3 aromatic heterocycles. The first kappa shape index (κ1) is 18.8. The van der Waals surface area contributed by atoms with Crippen LogP contribution in [0.25, 0.3) is 5.65 Å². The summed E-state index contributed by atoms with van der Waals surface area (Å²) in [4.78, 5) is 26.1. The van der Waals surface area contributed by atoms with Gasteiger partial charge in [-0.15, -0.1) is 0 Å². The Morgan fingerprint density at radius 1 is 1.20 bits per heavy atom. The van der Waals surface area contributed by atoms with E-state index in [0.717, 1.165) is 25.0 Å². The van der Waals surface area contributed by atoms with E-state index in [1.165, 1.54) is 14.2 Å². The Kier molecular flexibility index (Phi) is 4.18. The van der Waals surface area contributed by atoms with E-state index < -0.39 is 5.91 Å². The molecule has 5 rings (SSSR count). The Bertz CT molecular complexity index is 1130. The van der Waals surface area contributed by atoms with Gasteiger partial charge in [-0.2, -0.15) is 0 Å². The van der Waals surface area contributed by atoms with Gasteiger partial charge in [0.2, 0.25) is 11.5 Å². The highest BCUT2D eigenvalue weighted by atomic mass is 16.5. The van der Waals surface area contributed by atoms with Crippen LogP contribution in [0.5, 0.6) is 11.8 Å². The van der Waals surface area contributed by atoms with Crippen molar-refractivity contribution in [1.82, 2.24) is 19.4 Å². The number of ether oxygens (including phenoxy) is 3. The highest BCUT2D eigenvalue weighted by Gasteiger charge is 2.55. The summed E-state index contributed by atoms with van der Waals surface area (Å²) in [7, 11) is 3.02. The number of fused-ring (bicyclic) bond motifs is 3. The lowest BCUT2D eigenvalue weighted by atomic mass is 9.84. The number of imidazole rings is 1. The van der Waals surface area contributed by atoms with Crippen molar-refractivity contribution in [2.45, 2.75) is 37.2 Å². The Morgan fingerprint density at radius 2 is 2.03 bits per heavy atom. The molecular formula is C21H23N5O4. The molecule has 9 nitrogen and oxygen atoms in total. The number of amides is 1. The van der Waals surface area contributed by atoms with E-state index in [1.807, 2.05) is 6.20 Å². The van der Waals surface area contributed by atoms with Crippen LogP contribution in [0.4, 0.5) is 5.69 Å². The number of nitrogens with one attached hydrogen (secondary N) is 1. The van der Waals surface area contributed by atoms with Crippen molar-refractivity contribution in [3.63, 3.8) is 0 Å². The number of pyridine rings is 1. The van der Waals surface area contributed by atoms with E-state index in [4.69, 9.17) is 19.2 Å². The molecular weight excluding hydrogens is 386 g/mol.